The summed E-state index contributed by atoms with van der Waals surface area (Å²) in [5.74, 6) is 1.51. The van der Waals surface area contributed by atoms with Gasteiger partial charge in [0.05, 0.1) is 17.6 Å². The number of aromatic amines is 1. The van der Waals surface area contributed by atoms with E-state index in [1.54, 1.807) is 18.2 Å². The summed E-state index contributed by atoms with van der Waals surface area (Å²) in [4.78, 5) is 32.1. The lowest BCUT2D eigenvalue weighted by atomic mass is 9.82. The molecule has 3 aliphatic rings. The molecule has 200 valence electrons. The molecule has 2 aliphatic heterocycles. The summed E-state index contributed by atoms with van der Waals surface area (Å²) in [5, 5.41) is 12.9. The summed E-state index contributed by atoms with van der Waals surface area (Å²) in [5.41, 5.74) is 0.913. The van der Waals surface area contributed by atoms with Crippen LogP contribution in [0.5, 0.6) is 5.88 Å². The minimum atomic E-state index is -3.52. The van der Waals surface area contributed by atoms with Crippen molar-refractivity contribution in [2.45, 2.75) is 64.3 Å². The first-order valence-electron chi connectivity index (χ1n) is 13.1. The van der Waals surface area contributed by atoms with Crippen molar-refractivity contribution >= 4 is 21.8 Å². The Balaban J connectivity index is 1.21. The molecule has 1 aromatic heterocycles. The lowest BCUT2D eigenvalue weighted by Gasteiger charge is -2.34. The number of carbonyl (C=O) groups is 1. The predicted molar refractivity (Wildman–Crippen MR) is 141 cm³/mol. The number of carbonyl (C=O) groups excluding carboxylic acids is 1. The van der Waals surface area contributed by atoms with Crippen LogP contribution < -0.4 is 11.0 Å². The number of hydrogen-bond acceptors (Lipinski definition) is 6. The number of aromatic nitrogens is 2. The van der Waals surface area contributed by atoms with E-state index in [9.17, 15) is 23.1 Å². The van der Waals surface area contributed by atoms with Gasteiger partial charge in [0.1, 0.15) is 11.4 Å². The number of rotatable bonds is 6. The summed E-state index contributed by atoms with van der Waals surface area (Å²) < 4.78 is 28.9. The molecule has 11 heteroatoms. The van der Waals surface area contributed by atoms with E-state index in [2.05, 4.69) is 17.2 Å². The maximum Gasteiger partial charge on any atom is 0.333 e. The first-order chi connectivity index (χ1) is 17.6. The highest BCUT2D eigenvalue weighted by Crippen LogP contribution is 2.36. The van der Waals surface area contributed by atoms with Gasteiger partial charge in [-0.25, -0.2) is 22.1 Å². The molecule has 1 aliphatic carbocycles. The Morgan fingerprint density at radius 3 is 2.46 bits per heavy atom. The van der Waals surface area contributed by atoms with Gasteiger partial charge in [0.25, 0.3) is 5.91 Å². The summed E-state index contributed by atoms with van der Waals surface area (Å²) in [6.07, 6.45) is 6.72. The lowest BCUT2D eigenvalue weighted by molar-refractivity contribution is -0.125. The largest absolute Gasteiger partial charge is 0.493 e. The Bertz CT molecular complexity index is 1380. The predicted octanol–water partition coefficient (Wildman–Crippen LogP) is 2.24. The van der Waals surface area contributed by atoms with Crippen LogP contribution in [0.1, 0.15) is 56.6 Å². The van der Waals surface area contributed by atoms with Crippen LogP contribution >= 0.6 is 0 Å². The Hall–Kier alpha value is -2.92. The molecule has 0 unspecified atom stereocenters. The number of nitrogens with zero attached hydrogens (tertiary/aromatic N) is 3. The van der Waals surface area contributed by atoms with Crippen LogP contribution in [-0.2, 0) is 21.2 Å². The molecule has 0 atom stereocenters. The van der Waals surface area contributed by atoms with Crippen molar-refractivity contribution in [3.63, 3.8) is 0 Å². The van der Waals surface area contributed by atoms with Crippen LogP contribution in [-0.4, -0.2) is 63.5 Å². The molecule has 1 saturated carbocycles. The van der Waals surface area contributed by atoms with Gasteiger partial charge in [0.2, 0.25) is 15.9 Å². The molecule has 10 nitrogen and oxygen atoms in total. The molecule has 5 rings (SSSR count). The van der Waals surface area contributed by atoms with Crippen molar-refractivity contribution in [2.24, 2.45) is 16.8 Å². The lowest BCUT2D eigenvalue weighted by Crippen LogP contribution is -2.51. The number of H-pyrrole nitrogens is 1. The molecule has 1 amide bonds. The number of benzene rings is 1. The van der Waals surface area contributed by atoms with Gasteiger partial charge >= 0.3 is 5.69 Å². The van der Waals surface area contributed by atoms with Gasteiger partial charge in [-0.1, -0.05) is 25.8 Å². The molecule has 1 aromatic carbocycles. The fourth-order valence-electron chi connectivity index (χ4n) is 5.82. The molecule has 0 radical (unpaired) electrons. The number of nitrogens with one attached hydrogen (secondary N) is 2. The number of imidazole rings is 1. The average Bonchev–Trinajstić information content (AvgIpc) is 3.37. The molecule has 0 bridgehead atoms. The van der Waals surface area contributed by atoms with Crippen molar-refractivity contribution in [1.29, 1.82) is 0 Å². The number of piperidine rings is 1. The van der Waals surface area contributed by atoms with Gasteiger partial charge in [-0.05, 0) is 68.2 Å². The topological polar surface area (TPSA) is 137 Å². The maximum absolute atomic E-state index is 13.1. The Labute approximate surface area is 216 Å². The number of aryl methyl sites for hydroxylation is 2. The van der Waals surface area contributed by atoms with Gasteiger partial charge < -0.3 is 15.4 Å². The van der Waals surface area contributed by atoms with Crippen molar-refractivity contribution < 1.29 is 18.3 Å². The first kappa shape index (κ1) is 25.7. The van der Waals surface area contributed by atoms with E-state index in [-0.39, 0.29) is 30.6 Å². The van der Waals surface area contributed by atoms with E-state index in [4.69, 9.17) is 4.99 Å². The smallest absolute Gasteiger partial charge is 0.333 e. The Morgan fingerprint density at radius 1 is 1.14 bits per heavy atom. The second kappa shape index (κ2) is 9.75. The molecule has 2 aromatic rings. The zero-order valence-corrected chi connectivity index (χ0v) is 22.2. The molecule has 3 heterocycles. The Kier molecular flexibility index (Phi) is 6.78. The second-order valence-corrected chi connectivity index (χ2v) is 12.9. The van der Waals surface area contributed by atoms with Crippen molar-refractivity contribution in [1.82, 2.24) is 19.2 Å². The summed E-state index contributed by atoms with van der Waals surface area (Å²) in [6.45, 7) is 4.67. The van der Waals surface area contributed by atoms with Crippen LogP contribution in [0.25, 0.3) is 5.69 Å². The van der Waals surface area contributed by atoms with Crippen LogP contribution in [0.4, 0.5) is 0 Å². The third kappa shape index (κ3) is 4.98. The quantitative estimate of drug-likeness (QED) is 0.527. The minimum absolute atomic E-state index is 0.0451. The third-order valence-electron chi connectivity index (χ3n) is 8.31. The van der Waals surface area contributed by atoms with Gasteiger partial charge in [-0.3, -0.25) is 9.79 Å². The summed E-state index contributed by atoms with van der Waals surface area (Å²) >= 11 is 0. The van der Waals surface area contributed by atoms with Crippen LogP contribution in [0.3, 0.4) is 0 Å². The fourth-order valence-corrected chi connectivity index (χ4v) is 7.29. The molecule has 3 N–H and O–H groups in total. The molecule has 1 saturated heterocycles. The number of amides is 1. The molecular formula is C26H35N5O5S. The third-order valence-corrected chi connectivity index (χ3v) is 10.2. The highest BCUT2D eigenvalue weighted by Gasteiger charge is 2.48. The zero-order valence-electron chi connectivity index (χ0n) is 21.4. The number of sulfonamides is 1. The molecule has 1 spiro atoms. The van der Waals surface area contributed by atoms with Gasteiger partial charge in [-0.2, -0.15) is 0 Å². The van der Waals surface area contributed by atoms with E-state index in [1.807, 2.05) is 6.92 Å². The fraction of sp³-hybridized carbons (Fsp3) is 0.577. The molecular weight excluding hydrogens is 494 g/mol. The van der Waals surface area contributed by atoms with E-state index >= 15 is 0 Å². The van der Waals surface area contributed by atoms with Crippen LogP contribution in [0, 0.1) is 18.8 Å². The number of aromatic hydroxyl groups is 1. The zero-order chi connectivity index (χ0) is 26.4. The van der Waals surface area contributed by atoms with Gasteiger partial charge in [0.15, 0.2) is 0 Å². The number of amidine groups is 1. The van der Waals surface area contributed by atoms with E-state index in [0.717, 1.165) is 53.1 Å². The Morgan fingerprint density at radius 2 is 1.84 bits per heavy atom. The van der Waals surface area contributed by atoms with Crippen LogP contribution in [0.2, 0.25) is 0 Å². The van der Waals surface area contributed by atoms with E-state index in [0.29, 0.717) is 30.9 Å². The highest BCUT2D eigenvalue weighted by atomic mass is 32.2. The normalized spacial score (nSPS) is 24.3. The van der Waals surface area contributed by atoms with Gasteiger partial charge in [0, 0.05) is 19.0 Å². The average molecular weight is 530 g/mol. The minimum Gasteiger partial charge on any atom is -0.493 e. The van der Waals surface area contributed by atoms with Crippen LogP contribution in [0.15, 0.2) is 34.2 Å². The monoisotopic (exact) mass is 529 g/mol. The van der Waals surface area contributed by atoms with Crippen molar-refractivity contribution in [3.05, 3.63) is 46.0 Å². The first-order valence-corrected chi connectivity index (χ1v) is 14.7. The van der Waals surface area contributed by atoms with Crippen molar-refractivity contribution in [3.8, 4) is 11.6 Å². The second-order valence-electron chi connectivity index (χ2n) is 10.8. The van der Waals surface area contributed by atoms with Crippen molar-refractivity contribution in [2.75, 3.05) is 18.8 Å². The maximum atomic E-state index is 13.1. The summed E-state index contributed by atoms with van der Waals surface area (Å²) in [6, 6.07) is 5.23. The van der Waals surface area contributed by atoms with Gasteiger partial charge in [-0.15, -0.1) is 0 Å². The standard InChI is InChI=1S/C26H35N5O5S/c1-17-3-5-20(6-4-17)23-28-24(33)26(29-23)10-12-30(13-11-26)37(35,36)14-9-19-7-8-21(15-18(19)2)31-22(32)16-27-25(31)34/h7-8,15-17,20,32H,3-6,9-14H2,1-2H3,(H,27,34)(H,28,29,33). The number of hydrogen-bond donors (Lipinski definition) is 3. The molecule has 2 fully saturated rings. The summed E-state index contributed by atoms with van der Waals surface area (Å²) in [7, 11) is -3.52. The van der Waals surface area contributed by atoms with E-state index < -0.39 is 21.3 Å². The number of aliphatic imine (C=N–C) groups is 1. The molecule has 37 heavy (non-hydrogen) atoms. The SMILES string of the molecule is Cc1cc(-n2c(O)c[nH]c2=O)ccc1CCS(=O)(=O)N1CCC2(CC1)N=C(C1CCC(C)CC1)NC2=O. The van der Waals surface area contributed by atoms with E-state index in [1.165, 1.54) is 10.5 Å². The highest BCUT2D eigenvalue weighted by molar-refractivity contribution is 7.89.